The summed E-state index contributed by atoms with van der Waals surface area (Å²) in [4.78, 5) is 17.3. The van der Waals surface area contributed by atoms with E-state index in [2.05, 4.69) is 26.9 Å². The van der Waals surface area contributed by atoms with Gasteiger partial charge in [0.1, 0.15) is 0 Å². The Kier molecular flexibility index (Phi) is 7.94. The van der Waals surface area contributed by atoms with Crippen LogP contribution in [0.25, 0.3) is 0 Å². The zero-order valence-corrected chi connectivity index (χ0v) is 19.5. The molecule has 1 fully saturated rings. The minimum atomic E-state index is -3.76. The number of rotatable bonds is 8. The topological polar surface area (TPSA) is 81.7 Å². The third-order valence-corrected chi connectivity index (χ3v) is 7.03. The molecule has 0 spiro atoms. The van der Waals surface area contributed by atoms with Gasteiger partial charge in [0.2, 0.25) is 0 Å². The van der Waals surface area contributed by atoms with Crippen LogP contribution >= 0.6 is 11.6 Å². The summed E-state index contributed by atoms with van der Waals surface area (Å²) in [7, 11) is -1.63. The Hall–Kier alpha value is -2.13. The molecule has 9 heteroatoms. The van der Waals surface area contributed by atoms with E-state index in [0.29, 0.717) is 12.1 Å². The molecule has 31 heavy (non-hydrogen) atoms. The number of anilines is 1. The molecule has 7 nitrogen and oxygen atoms in total. The number of hydrogen-bond donors (Lipinski definition) is 2. The minimum absolute atomic E-state index is 0.149. The molecule has 0 atom stereocenters. The molecule has 2 aromatic rings. The van der Waals surface area contributed by atoms with Crippen LogP contribution in [0.15, 0.2) is 47.4 Å². The Bertz CT molecular complexity index is 1000. The first-order valence-corrected chi connectivity index (χ1v) is 12.2. The van der Waals surface area contributed by atoms with Gasteiger partial charge in [-0.15, -0.1) is 0 Å². The number of hydrogen-bond acceptors (Lipinski definition) is 5. The van der Waals surface area contributed by atoms with E-state index in [4.69, 9.17) is 11.6 Å². The first-order valence-electron chi connectivity index (χ1n) is 10.3. The predicted octanol–water partition coefficient (Wildman–Crippen LogP) is 2.82. The fraction of sp³-hybridized carbons (Fsp3) is 0.409. The lowest BCUT2D eigenvalue weighted by atomic mass is 10.2. The zero-order chi connectivity index (χ0) is 22.4. The molecule has 1 saturated heterocycles. The number of sulfonamides is 1. The van der Waals surface area contributed by atoms with Crippen molar-refractivity contribution in [2.45, 2.75) is 18.2 Å². The zero-order valence-electron chi connectivity index (χ0n) is 17.9. The molecule has 0 aliphatic carbocycles. The highest BCUT2D eigenvalue weighted by molar-refractivity contribution is 7.92. The molecule has 0 unspecified atom stereocenters. The van der Waals surface area contributed by atoms with Crippen LogP contribution in [0.1, 0.15) is 22.3 Å². The van der Waals surface area contributed by atoms with Crippen molar-refractivity contribution < 1.29 is 13.2 Å². The van der Waals surface area contributed by atoms with Gasteiger partial charge in [-0.3, -0.25) is 9.52 Å². The smallest absolute Gasteiger partial charge is 0.261 e. The minimum Gasteiger partial charge on any atom is -0.352 e. The molecule has 2 N–H and O–H groups in total. The van der Waals surface area contributed by atoms with Gasteiger partial charge in [-0.1, -0.05) is 29.3 Å². The summed E-state index contributed by atoms with van der Waals surface area (Å²) in [5.74, 6) is -0.229. The Morgan fingerprint density at radius 2 is 1.74 bits per heavy atom. The first-order chi connectivity index (χ1) is 14.7. The molecule has 168 valence electrons. The van der Waals surface area contributed by atoms with Gasteiger partial charge in [-0.2, -0.15) is 0 Å². The third-order valence-electron chi connectivity index (χ3n) is 5.34. The molecular formula is C22H29ClN4O3S. The van der Waals surface area contributed by atoms with Crippen molar-refractivity contribution in [2.75, 3.05) is 51.0 Å². The molecule has 3 rings (SSSR count). The lowest BCUT2D eigenvalue weighted by molar-refractivity contribution is 0.0949. The summed E-state index contributed by atoms with van der Waals surface area (Å²) in [5.41, 5.74) is 1.59. The molecule has 2 aromatic carbocycles. The Balaban J connectivity index is 1.52. The van der Waals surface area contributed by atoms with Crippen LogP contribution in [0, 0.1) is 6.92 Å². The average molecular weight is 465 g/mol. The van der Waals surface area contributed by atoms with Gasteiger partial charge < -0.3 is 15.1 Å². The number of nitrogens with one attached hydrogen (secondary N) is 2. The molecule has 0 aromatic heterocycles. The highest BCUT2D eigenvalue weighted by Gasteiger charge is 2.17. The van der Waals surface area contributed by atoms with E-state index >= 15 is 0 Å². The molecule has 0 radical (unpaired) electrons. The van der Waals surface area contributed by atoms with E-state index < -0.39 is 10.0 Å². The van der Waals surface area contributed by atoms with Crippen molar-refractivity contribution in [3.63, 3.8) is 0 Å². The lowest BCUT2D eigenvalue weighted by Gasteiger charge is -2.32. The van der Waals surface area contributed by atoms with Gasteiger partial charge in [-0.05, 0) is 57.3 Å². The summed E-state index contributed by atoms with van der Waals surface area (Å²) in [6, 6.07) is 11.1. The van der Waals surface area contributed by atoms with Gasteiger partial charge in [-0.25, -0.2) is 8.42 Å². The normalized spacial score (nSPS) is 15.6. The second-order valence-electron chi connectivity index (χ2n) is 7.87. The van der Waals surface area contributed by atoms with E-state index in [1.54, 1.807) is 18.2 Å². The summed E-state index contributed by atoms with van der Waals surface area (Å²) < 4.78 is 27.6. The van der Waals surface area contributed by atoms with Crippen LogP contribution in [0.3, 0.4) is 0 Å². The largest absolute Gasteiger partial charge is 0.352 e. The van der Waals surface area contributed by atoms with E-state index in [1.165, 1.54) is 24.3 Å². The van der Waals surface area contributed by atoms with Gasteiger partial charge in [0.25, 0.3) is 15.9 Å². The van der Waals surface area contributed by atoms with Crippen molar-refractivity contribution in [1.29, 1.82) is 0 Å². The van der Waals surface area contributed by atoms with Crippen LogP contribution in [0.4, 0.5) is 5.69 Å². The van der Waals surface area contributed by atoms with Crippen LogP contribution < -0.4 is 10.0 Å². The molecule has 1 aliphatic heterocycles. The number of amides is 1. The van der Waals surface area contributed by atoms with E-state index in [9.17, 15) is 13.2 Å². The second-order valence-corrected chi connectivity index (χ2v) is 9.96. The summed E-state index contributed by atoms with van der Waals surface area (Å²) in [6.45, 7) is 7.67. The molecule has 1 amide bonds. The van der Waals surface area contributed by atoms with Crippen molar-refractivity contribution in [2.24, 2.45) is 0 Å². The SMILES string of the molecule is Cc1ccc(S(=O)(=O)Nc2ccc(C(=O)NCCCN3CCN(C)CC3)cc2Cl)cc1. The summed E-state index contributed by atoms with van der Waals surface area (Å²) in [5, 5.41) is 3.07. The predicted molar refractivity (Wildman–Crippen MR) is 124 cm³/mol. The fourth-order valence-electron chi connectivity index (χ4n) is 3.34. The average Bonchev–Trinajstić information content (AvgIpc) is 2.74. The maximum absolute atomic E-state index is 12.6. The molecule has 0 bridgehead atoms. The molecule has 1 aliphatic rings. The number of benzene rings is 2. The lowest BCUT2D eigenvalue weighted by Crippen LogP contribution is -2.45. The van der Waals surface area contributed by atoms with Gasteiger partial charge in [0, 0.05) is 38.3 Å². The van der Waals surface area contributed by atoms with E-state index in [1.807, 2.05) is 6.92 Å². The Labute approximate surface area is 189 Å². The maximum atomic E-state index is 12.6. The number of halogens is 1. The van der Waals surface area contributed by atoms with Crippen molar-refractivity contribution in [3.05, 3.63) is 58.6 Å². The van der Waals surface area contributed by atoms with Crippen LogP contribution in [0.5, 0.6) is 0 Å². The van der Waals surface area contributed by atoms with Gasteiger partial charge >= 0.3 is 0 Å². The number of carbonyl (C=O) groups excluding carboxylic acids is 1. The van der Waals surface area contributed by atoms with E-state index in [0.717, 1.165) is 44.7 Å². The molecular weight excluding hydrogens is 436 g/mol. The number of carbonyl (C=O) groups is 1. The van der Waals surface area contributed by atoms with Crippen molar-refractivity contribution in [3.8, 4) is 0 Å². The van der Waals surface area contributed by atoms with Gasteiger partial charge in [0.05, 0.1) is 15.6 Å². The second kappa shape index (κ2) is 10.5. The molecule has 1 heterocycles. The summed E-state index contributed by atoms with van der Waals surface area (Å²) in [6.07, 6.45) is 0.873. The monoisotopic (exact) mass is 464 g/mol. The number of piperazine rings is 1. The molecule has 0 saturated carbocycles. The van der Waals surface area contributed by atoms with Gasteiger partial charge in [0.15, 0.2) is 0 Å². The highest BCUT2D eigenvalue weighted by atomic mass is 35.5. The number of likely N-dealkylation sites (N-methyl/N-ethyl adjacent to an activating group) is 1. The maximum Gasteiger partial charge on any atom is 0.261 e. The van der Waals surface area contributed by atoms with Crippen LogP contribution in [-0.4, -0.2) is 70.4 Å². The first kappa shape index (κ1) is 23.5. The van der Waals surface area contributed by atoms with E-state index in [-0.39, 0.29) is 21.5 Å². The van der Waals surface area contributed by atoms with Crippen molar-refractivity contribution in [1.82, 2.24) is 15.1 Å². The van der Waals surface area contributed by atoms with Crippen LogP contribution in [0.2, 0.25) is 5.02 Å². The Morgan fingerprint density at radius 3 is 2.39 bits per heavy atom. The fourth-order valence-corrected chi connectivity index (χ4v) is 4.70. The number of aryl methyl sites for hydroxylation is 1. The highest BCUT2D eigenvalue weighted by Crippen LogP contribution is 2.26. The Morgan fingerprint density at radius 1 is 1.06 bits per heavy atom. The summed E-state index contributed by atoms with van der Waals surface area (Å²) >= 11 is 6.25. The van der Waals surface area contributed by atoms with Crippen LogP contribution in [-0.2, 0) is 10.0 Å². The third kappa shape index (κ3) is 6.67. The quantitative estimate of drug-likeness (QED) is 0.587. The standard InChI is InChI=1S/C22H29ClN4O3S/c1-17-4-7-19(8-5-17)31(29,30)25-21-9-6-18(16-20(21)23)22(28)24-10-3-11-27-14-12-26(2)13-15-27/h4-9,16,25H,3,10-15H2,1-2H3,(H,24,28). The van der Waals surface area contributed by atoms with Crippen molar-refractivity contribution >= 4 is 33.2 Å². The number of nitrogens with zero attached hydrogens (tertiary/aromatic N) is 2.